The van der Waals surface area contributed by atoms with Crippen LogP contribution in [-0.2, 0) is 6.42 Å². The highest BCUT2D eigenvalue weighted by molar-refractivity contribution is 6.08. The number of para-hydroxylation sites is 1. The molecule has 0 N–H and O–H groups in total. The molecule has 0 atom stereocenters. The largest absolute Gasteiger partial charge is 0.477 e. The van der Waals surface area contributed by atoms with Gasteiger partial charge < -0.3 is 9.64 Å². The maximum Gasteiger partial charge on any atom is 0.263 e. The number of aromatic nitrogens is 1. The second-order valence-corrected chi connectivity index (χ2v) is 4.98. The first kappa shape index (κ1) is 13.6. The monoisotopic (exact) mass is 282 g/mol. The summed E-state index contributed by atoms with van der Waals surface area (Å²) in [4.78, 5) is 18.9. The van der Waals surface area contributed by atoms with Crippen LogP contribution in [0.3, 0.4) is 0 Å². The van der Waals surface area contributed by atoms with E-state index < -0.39 is 0 Å². The summed E-state index contributed by atoms with van der Waals surface area (Å²) in [6, 6.07) is 11.6. The van der Waals surface area contributed by atoms with Gasteiger partial charge >= 0.3 is 0 Å². The van der Waals surface area contributed by atoms with Gasteiger partial charge in [0, 0.05) is 18.4 Å². The predicted octanol–water partition coefficient (Wildman–Crippen LogP) is 3.07. The molecule has 2 heterocycles. The Bertz CT molecular complexity index is 655. The molecule has 3 rings (SSSR count). The number of carbonyl (C=O) groups excluding carboxylic acids is 1. The van der Waals surface area contributed by atoms with Gasteiger partial charge in [-0.1, -0.05) is 18.2 Å². The number of pyridine rings is 1. The maximum absolute atomic E-state index is 12.9. The first-order chi connectivity index (χ1) is 10.3. The molecule has 1 aliphatic rings. The van der Waals surface area contributed by atoms with Crippen LogP contribution < -0.4 is 9.64 Å². The highest BCUT2D eigenvalue weighted by Gasteiger charge is 2.25. The fraction of sp³-hybridized carbons (Fsp3) is 0.294. The van der Waals surface area contributed by atoms with E-state index in [-0.39, 0.29) is 5.91 Å². The Hall–Kier alpha value is -2.36. The molecule has 4 heteroatoms. The first-order valence-corrected chi connectivity index (χ1v) is 7.29. The van der Waals surface area contributed by atoms with Crippen molar-refractivity contribution >= 4 is 11.6 Å². The van der Waals surface area contributed by atoms with Crippen molar-refractivity contribution in [2.45, 2.75) is 19.8 Å². The van der Waals surface area contributed by atoms with Crippen molar-refractivity contribution in [1.29, 1.82) is 0 Å². The van der Waals surface area contributed by atoms with Crippen molar-refractivity contribution in [2.24, 2.45) is 0 Å². The molecule has 1 aliphatic heterocycles. The predicted molar refractivity (Wildman–Crippen MR) is 81.8 cm³/mol. The number of carbonyl (C=O) groups is 1. The lowest BCUT2D eigenvalue weighted by Gasteiger charge is -2.29. The highest BCUT2D eigenvalue weighted by Crippen LogP contribution is 2.29. The second-order valence-electron chi connectivity index (χ2n) is 4.98. The third kappa shape index (κ3) is 2.61. The zero-order valence-corrected chi connectivity index (χ0v) is 12.1. The lowest BCUT2D eigenvalue weighted by atomic mass is 10.0. The lowest BCUT2D eigenvalue weighted by Crippen LogP contribution is -2.35. The van der Waals surface area contributed by atoms with E-state index in [9.17, 15) is 4.79 Å². The van der Waals surface area contributed by atoms with Gasteiger partial charge in [-0.25, -0.2) is 4.98 Å². The number of fused-ring (bicyclic) bond motifs is 1. The Labute approximate surface area is 124 Å². The van der Waals surface area contributed by atoms with Gasteiger partial charge in [-0.3, -0.25) is 4.79 Å². The lowest BCUT2D eigenvalue weighted by molar-refractivity contribution is 0.0980. The summed E-state index contributed by atoms with van der Waals surface area (Å²) in [5, 5.41) is 0. The first-order valence-electron chi connectivity index (χ1n) is 7.29. The molecule has 0 fully saturated rings. The fourth-order valence-electron chi connectivity index (χ4n) is 2.70. The SMILES string of the molecule is CCOc1ncccc1C(=O)N1CCCc2ccccc21. The Balaban J connectivity index is 1.97. The van der Waals surface area contributed by atoms with Gasteiger partial charge in [0.2, 0.25) is 5.88 Å². The van der Waals surface area contributed by atoms with Gasteiger partial charge in [-0.05, 0) is 43.5 Å². The average Bonchev–Trinajstić information content (AvgIpc) is 2.54. The number of hydrogen-bond donors (Lipinski definition) is 0. The summed E-state index contributed by atoms with van der Waals surface area (Å²) in [5.74, 6) is 0.367. The van der Waals surface area contributed by atoms with E-state index >= 15 is 0 Å². The molecule has 0 saturated carbocycles. The third-order valence-electron chi connectivity index (χ3n) is 3.64. The van der Waals surface area contributed by atoms with Gasteiger partial charge in [-0.2, -0.15) is 0 Å². The minimum absolute atomic E-state index is 0.0429. The molecule has 0 saturated heterocycles. The Morgan fingerprint density at radius 3 is 3.00 bits per heavy atom. The van der Waals surface area contributed by atoms with Crippen LogP contribution in [0.25, 0.3) is 0 Å². The Kier molecular flexibility index (Phi) is 3.86. The summed E-state index contributed by atoms with van der Waals surface area (Å²) in [7, 11) is 0. The van der Waals surface area contributed by atoms with Crippen molar-refractivity contribution in [3.63, 3.8) is 0 Å². The minimum Gasteiger partial charge on any atom is -0.477 e. The molecule has 1 amide bonds. The average molecular weight is 282 g/mol. The number of rotatable bonds is 3. The Morgan fingerprint density at radius 1 is 1.29 bits per heavy atom. The number of ether oxygens (including phenoxy) is 1. The van der Waals surface area contributed by atoms with Crippen LogP contribution in [-0.4, -0.2) is 24.0 Å². The van der Waals surface area contributed by atoms with E-state index in [4.69, 9.17) is 4.74 Å². The minimum atomic E-state index is -0.0429. The zero-order chi connectivity index (χ0) is 14.7. The summed E-state index contributed by atoms with van der Waals surface area (Å²) >= 11 is 0. The third-order valence-corrected chi connectivity index (χ3v) is 3.64. The van der Waals surface area contributed by atoms with Crippen LogP contribution in [0.2, 0.25) is 0 Å². The van der Waals surface area contributed by atoms with Crippen LogP contribution in [0.5, 0.6) is 5.88 Å². The van der Waals surface area contributed by atoms with E-state index in [1.54, 1.807) is 18.3 Å². The quantitative estimate of drug-likeness (QED) is 0.869. The molecule has 0 aliphatic carbocycles. The number of benzene rings is 1. The summed E-state index contributed by atoms with van der Waals surface area (Å²) in [6.45, 7) is 3.11. The number of aryl methyl sites for hydroxylation is 1. The molecular formula is C17H18N2O2. The van der Waals surface area contributed by atoms with Crippen molar-refractivity contribution in [1.82, 2.24) is 4.98 Å². The van der Waals surface area contributed by atoms with E-state index in [1.807, 2.05) is 30.0 Å². The van der Waals surface area contributed by atoms with Gasteiger partial charge in [-0.15, -0.1) is 0 Å². The van der Waals surface area contributed by atoms with E-state index in [0.29, 0.717) is 18.1 Å². The highest BCUT2D eigenvalue weighted by atomic mass is 16.5. The smallest absolute Gasteiger partial charge is 0.263 e. The molecule has 4 nitrogen and oxygen atoms in total. The Morgan fingerprint density at radius 2 is 2.14 bits per heavy atom. The molecule has 1 aromatic carbocycles. The van der Waals surface area contributed by atoms with Crippen LogP contribution in [0.1, 0.15) is 29.3 Å². The second kappa shape index (κ2) is 5.95. The number of anilines is 1. The molecule has 2 aromatic rings. The normalized spacial score (nSPS) is 13.7. The molecule has 0 spiro atoms. The van der Waals surface area contributed by atoms with Crippen molar-refractivity contribution in [2.75, 3.05) is 18.1 Å². The molecule has 1 aromatic heterocycles. The topological polar surface area (TPSA) is 42.4 Å². The van der Waals surface area contributed by atoms with Crippen molar-refractivity contribution in [3.8, 4) is 5.88 Å². The van der Waals surface area contributed by atoms with Gasteiger partial charge in [0.1, 0.15) is 5.56 Å². The van der Waals surface area contributed by atoms with Crippen molar-refractivity contribution in [3.05, 3.63) is 53.7 Å². The molecule has 0 unspecified atom stereocenters. The van der Waals surface area contributed by atoms with Gasteiger partial charge in [0.25, 0.3) is 5.91 Å². The van der Waals surface area contributed by atoms with Crippen LogP contribution in [0.4, 0.5) is 5.69 Å². The zero-order valence-electron chi connectivity index (χ0n) is 12.1. The van der Waals surface area contributed by atoms with E-state index in [0.717, 1.165) is 25.1 Å². The summed E-state index contributed by atoms with van der Waals surface area (Å²) < 4.78 is 5.48. The van der Waals surface area contributed by atoms with Crippen molar-refractivity contribution < 1.29 is 9.53 Å². The number of amides is 1. The molecule has 108 valence electrons. The van der Waals surface area contributed by atoms with Crippen LogP contribution >= 0.6 is 0 Å². The van der Waals surface area contributed by atoms with Crippen LogP contribution in [0, 0.1) is 0 Å². The molecule has 21 heavy (non-hydrogen) atoms. The van der Waals surface area contributed by atoms with Crippen LogP contribution in [0.15, 0.2) is 42.6 Å². The summed E-state index contributed by atoms with van der Waals surface area (Å²) in [5.41, 5.74) is 2.75. The fourth-order valence-corrected chi connectivity index (χ4v) is 2.70. The number of hydrogen-bond acceptors (Lipinski definition) is 3. The molecule has 0 radical (unpaired) electrons. The molecule has 0 bridgehead atoms. The van der Waals surface area contributed by atoms with E-state index in [1.165, 1.54) is 5.56 Å². The van der Waals surface area contributed by atoms with Gasteiger partial charge in [0.15, 0.2) is 0 Å². The molecular weight excluding hydrogens is 264 g/mol. The van der Waals surface area contributed by atoms with Gasteiger partial charge in [0.05, 0.1) is 6.61 Å². The summed E-state index contributed by atoms with van der Waals surface area (Å²) in [6.07, 6.45) is 3.64. The number of nitrogens with zero attached hydrogens (tertiary/aromatic N) is 2. The standard InChI is InChI=1S/C17H18N2O2/c1-2-21-16-14(9-5-11-18-16)17(20)19-12-6-8-13-7-3-4-10-15(13)19/h3-5,7,9-11H,2,6,8,12H2,1H3. The maximum atomic E-state index is 12.9. The van der Waals surface area contributed by atoms with E-state index in [2.05, 4.69) is 11.1 Å².